The van der Waals surface area contributed by atoms with E-state index in [0.29, 0.717) is 36.7 Å². The number of imidazole rings is 1. The summed E-state index contributed by atoms with van der Waals surface area (Å²) in [6, 6.07) is 3.21. The lowest BCUT2D eigenvalue weighted by Gasteiger charge is -2.38. The molecule has 0 saturated heterocycles. The summed E-state index contributed by atoms with van der Waals surface area (Å²) in [5.74, 6) is 1.09. The third-order valence-electron chi connectivity index (χ3n) is 6.33. The second-order valence-corrected chi connectivity index (χ2v) is 11.4. The summed E-state index contributed by atoms with van der Waals surface area (Å²) in [4.78, 5) is 38.1. The number of carbonyl (C=O) groups excluding carboxylic acids is 1. The van der Waals surface area contributed by atoms with E-state index in [1.807, 2.05) is 13.8 Å². The highest BCUT2D eigenvalue weighted by Crippen LogP contribution is 2.37. The van der Waals surface area contributed by atoms with Crippen molar-refractivity contribution >= 4 is 32.8 Å². The van der Waals surface area contributed by atoms with Gasteiger partial charge in [-0.1, -0.05) is 13.8 Å². The first-order valence-corrected chi connectivity index (χ1v) is 14.1. The van der Waals surface area contributed by atoms with Crippen molar-refractivity contribution in [2.75, 3.05) is 24.3 Å². The fraction of sp³-hybridized carbons (Fsp3) is 0.520. The maximum Gasteiger partial charge on any atom is 0.302 e. The van der Waals surface area contributed by atoms with E-state index >= 15 is 0 Å². The molecule has 0 unspecified atom stereocenters. The van der Waals surface area contributed by atoms with Crippen LogP contribution >= 0.6 is 0 Å². The standard InChI is InChI=1S/C25H33N5O6S/c1-7-35-36-14-19-12-26-25(27-16(19)4)30-9-8-29-21-11-22(37(6,32)33)18(13-34-17(5)31)10-20(21)28-24(29)23(30)15(2)3/h10-12,15,23H,7-9,13-14H2,1-6H3/t23-/m1/s1. The van der Waals surface area contributed by atoms with E-state index in [2.05, 4.69) is 28.3 Å². The number of carbonyl (C=O) groups is 1. The molecule has 3 aromatic rings. The monoisotopic (exact) mass is 531 g/mol. The molecule has 0 bridgehead atoms. The summed E-state index contributed by atoms with van der Waals surface area (Å²) in [5, 5.41) is 0. The molecule has 0 radical (unpaired) electrons. The van der Waals surface area contributed by atoms with Crippen molar-refractivity contribution < 1.29 is 27.7 Å². The van der Waals surface area contributed by atoms with Gasteiger partial charge < -0.3 is 14.2 Å². The Morgan fingerprint density at radius 2 is 1.89 bits per heavy atom. The van der Waals surface area contributed by atoms with Gasteiger partial charge in [-0.2, -0.15) is 0 Å². The second-order valence-electron chi connectivity index (χ2n) is 9.45. The number of aryl methyl sites for hydroxylation is 1. The molecule has 2 aromatic heterocycles. The van der Waals surface area contributed by atoms with Gasteiger partial charge in [-0.3, -0.25) is 4.79 Å². The van der Waals surface area contributed by atoms with Crippen LogP contribution in [0.15, 0.2) is 23.2 Å². The second kappa shape index (κ2) is 10.7. The van der Waals surface area contributed by atoms with Gasteiger partial charge in [0.25, 0.3) is 0 Å². The van der Waals surface area contributed by atoms with Gasteiger partial charge in [0.2, 0.25) is 5.95 Å². The molecule has 0 aliphatic carbocycles. The zero-order valence-electron chi connectivity index (χ0n) is 22.0. The number of rotatable bonds is 9. The van der Waals surface area contributed by atoms with Crippen LogP contribution in [0.3, 0.4) is 0 Å². The zero-order valence-corrected chi connectivity index (χ0v) is 22.8. The van der Waals surface area contributed by atoms with Gasteiger partial charge in [0.15, 0.2) is 9.84 Å². The van der Waals surface area contributed by atoms with Crippen LogP contribution in [-0.2, 0) is 48.9 Å². The van der Waals surface area contributed by atoms with Gasteiger partial charge in [-0.05, 0) is 31.9 Å². The van der Waals surface area contributed by atoms with E-state index in [1.165, 1.54) is 6.92 Å². The van der Waals surface area contributed by atoms with Crippen molar-refractivity contribution in [3.63, 3.8) is 0 Å². The number of esters is 1. The van der Waals surface area contributed by atoms with Crippen LogP contribution in [-0.4, -0.2) is 53.3 Å². The Kier molecular flexibility index (Phi) is 7.81. The van der Waals surface area contributed by atoms with Gasteiger partial charge in [0.1, 0.15) is 19.0 Å². The van der Waals surface area contributed by atoms with E-state index in [9.17, 15) is 13.2 Å². The van der Waals surface area contributed by atoms with Crippen LogP contribution in [0.1, 0.15) is 56.4 Å². The van der Waals surface area contributed by atoms with Crippen molar-refractivity contribution in [1.82, 2.24) is 19.5 Å². The first-order chi connectivity index (χ1) is 17.5. The summed E-state index contributed by atoms with van der Waals surface area (Å²) < 4.78 is 32.3. The maximum absolute atomic E-state index is 12.6. The number of benzene rings is 1. The first-order valence-electron chi connectivity index (χ1n) is 12.2. The molecule has 200 valence electrons. The van der Waals surface area contributed by atoms with Crippen LogP contribution in [0.4, 0.5) is 5.95 Å². The minimum atomic E-state index is -3.56. The van der Waals surface area contributed by atoms with Crippen molar-refractivity contribution in [3.05, 3.63) is 41.0 Å². The average Bonchev–Trinajstić information content (AvgIpc) is 3.19. The molecule has 0 spiro atoms. The highest BCUT2D eigenvalue weighted by molar-refractivity contribution is 7.90. The average molecular weight is 532 g/mol. The maximum atomic E-state index is 12.6. The van der Waals surface area contributed by atoms with Gasteiger partial charge in [-0.15, -0.1) is 0 Å². The molecular formula is C25H33N5O6S. The van der Waals surface area contributed by atoms with Gasteiger partial charge in [0.05, 0.1) is 28.6 Å². The topological polar surface area (TPSA) is 126 Å². The van der Waals surface area contributed by atoms with Gasteiger partial charge >= 0.3 is 5.97 Å². The fourth-order valence-corrected chi connectivity index (χ4v) is 5.55. The smallest absolute Gasteiger partial charge is 0.302 e. The number of hydrogen-bond donors (Lipinski definition) is 0. The third kappa shape index (κ3) is 5.60. The first kappa shape index (κ1) is 27.0. The Morgan fingerprint density at radius 3 is 2.51 bits per heavy atom. The molecule has 1 atom stereocenters. The Morgan fingerprint density at radius 1 is 1.14 bits per heavy atom. The molecule has 4 rings (SSSR count). The molecule has 37 heavy (non-hydrogen) atoms. The summed E-state index contributed by atoms with van der Waals surface area (Å²) in [7, 11) is -3.56. The van der Waals surface area contributed by atoms with Crippen LogP contribution in [0, 0.1) is 12.8 Å². The molecule has 11 nitrogen and oxygen atoms in total. The number of aromatic nitrogens is 4. The highest BCUT2D eigenvalue weighted by Gasteiger charge is 2.35. The molecule has 0 N–H and O–H groups in total. The van der Waals surface area contributed by atoms with E-state index < -0.39 is 15.8 Å². The SMILES string of the molecule is CCOOCc1cnc(N2CCn3c(nc4cc(COC(C)=O)c(S(C)(=O)=O)cc43)[C@H]2C(C)C)nc1C. The summed E-state index contributed by atoms with van der Waals surface area (Å²) >= 11 is 0. The predicted molar refractivity (Wildman–Crippen MR) is 136 cm³/mol. The van der Waals surface area contributed by atoms with Gasteiger partial charge in [-0.25, -0.2) is 33.1 Å². The van der Waals surface area contributed by atoms with Crippen LogP contribution in [0.2, 0.25) is 0 Å². The number of fused-ring (bicyclic) bond motifs is 3. The molecule has 0 saturated carbocycles. The van der Waals surface area contributed by atoms with E-state index in [4.69, 9.17) is 24.5 Å². The van der Waals surface area contributed by atoms with Crippen molar-refractivity contribution in [3.8, 4) is 0 Å². The van der Waals surface area contributed by atoms with E-state index in [1.54, 1.807) is 18.3 Å². The molecule has 0 fully saturated rings. The highest BCUT2D eigenvalue weighted by atomic mass is 32.2. The largest absolute Gasteiger partial charge is 0.461 e. The Hall–Kier alpha value is -3.09. The lowest BCUT2D eigenvalue weighted by atomic mass is 10.00. The van der Waals surface area contributed by atoms with Crippen molar-refractivity contribution in [2.45, 2.75) is 65.3 Å². The third-order valence-corrected chi connectivity index (χ3v) is 7.51. The Bertz CT molecular complexity index is 1420. The van der Waals surface area contributed by atoms with Crippen LogP contribution < -0.4 is 4.90 Å². The zero-order chi connectivity index (χ0) is 26.9. The molecular weight excluding hydrogens is 498 g/mol. The lowest BCUT2D eigenvalue weighted by Crippen LogP contribution is -2.42. The quantitative estimate of drug-likeness (QED) is 0.176. The number of nitrogens with zero attached hydrogens (tertiary/aromatic N) is 5. The number of hydrogen-bond acceptors (Lipinski definition) is 10. The van der Waals surface area contributed by atoms with E-state index in [-0.39, 0.29) is 30.1 Å². The molecule has 1 aliphatic heterocycles. The number of sulfone groups is 1. The molecule has 12 heteroatoms. The molecule has 3 heterocycles. The van der Waals surface area contributed by atoms with E-state index in [0.717, 1.165) is 28.9 Å². The fourth-order valence-electron chi connectivity index (χ4n) is 4.63. The van der Waals surface area contributed by atoms with Crippen molar-refractivity contribution in [1.29, 1.82) is 0 Å². The molecule has 0 amide bonds. The lowest BCUT2D eigenvalue weighted by molar-refractivity contribution is -0.300. The summed E-state index contributed by atoms with van der Waals surface area (Å²) in [6.45, 7) is 11.1. The number of ether oxygens (including phenoxy) is 1. The number of anilines is 1. The normalized spacial score (nSPS) is 15.9. The summed E-state index contributed by atoms with van der Waals surface area (Å²) in [5.41, 5.74) is 3.43. The van der Waals surface area contributed by atoms with Crippen LogP contribution in [0.25, 0.3) is 11.0 Å². The predicted octanol–water partition coefficient (Wildman–Crippen LogP) is 3.29. The Balaban J connectivity index is 1.75. The molecule has 1 aromatic carbocycles. The van der Waals surface area contributed by atoms with Crippen molar-refractivity contribution in [2.24, 2.45) is 5.92 Å². The minimum Gasteiger partial charge on any atom is -0.461 e. The Labute approximate surface area is 216 Å². The summed E-state index contributed by atoms with van der Waals surface area (Å²) in [6.07, 6.45) is 2.91. The van der Waals surface area contributed by atoms with Crippen LogP contribution in [0.5, 0.6) is 0 Å². The molecule has 1 aliphatic rings. The van der Waals surface area contributed by atoms with Gasteiger partial charge in [0, 0.05) is 49.3 Å². The minimum absolute atomic E-state index is 0.135.